The highest BCUT2D eigenvalue weighted by Gasteiger charge is 2.27. The normalized spacial score (nSPS) is 19.7. The molecule has 1 aromatic rings. The Bertz CT molecular complexity index is 358. The van der Waals surface area contributed by atoms with Gasteiger partial charge in [-0.15, -0.1) is 11.3 Å². The number of halogens is 1. The van der Waals surface area contributed by atoms with E-state index in [4.69, 9.17) is 0 Å². The Balaban J connectivity index is 1.67. The summed E-state index contributed by atoms with van der Waals surface area (Å²) in [7, 11) is 0. The number of hydrogen-bond donors (Lipinski definition) is 2. The van der Waals surface area contributed by atoms with Crippen molar-refractivity contribution >= 4 is 27.3 Å². The maximum Gasteiger partial charge on any atom is 0.0771 e. The third-order valence-corrected chi connectivity index (χ3v) is 5.35. The van der Waals surface area contributed by atoms with Crippen LogP contribution in [0.25, 0.3) is 0 Å². The van der Waals surface area contributed by atoms with Crippen LogP contribution in [-0.4, -0.2) is 23.8 Å². The van der Waals surface area contributed by atoms with Gasteiger partial charge in [0, 0.05) is 18.0 Å². The fourth-order valence-corrected chi connectivity index (χ4v) is 4.06. The molecule has 0 radical (unpaired) electrons. The number of nitrogens with one attached hydrogen (secondary N) is 1. The molecule has 0 amide bonds. The molecule has 1 aromatic heterocycles. The van der Waals surface area contributed by atoms with Crippen molar-refractivity contribution in [1.29, 1.82) is 0 Å². The van der Waals surface area contributed by atoms with Crippen LogP contribution in [0.3, 0.4) is 0 Å². The van der Waals surface area contributed by atoms with E-state index in [0.29, 0.717) is 0 Å². The summed E-state index contributed by atoms with van der Waals surface area (Å²) in [4.78, 5) is 1.39. The molecule has 2 N–H and O–H groups in total. The fraction of sp³-hybridized carbons (Fsp3) is 0.714. The zero-order valence-corrected chi connectivity index (χ0v) is 13.2. The first kappa shape index (κ1) is 14.5. The van der Waals surface area contributed by atoms with Gasteiger partial charge in [0.05, 0.1) is 9.39 Å². The van der Waals surface area contributed by atoms with E-state index in [-0.39, 0.29) is 0 Å². The monoisotopic (exact) mass is 331 g/mol. The summed E-state index contributed by atoms with van der Waals surface area (Å²) in [6, 6.07) is 4.26. The van der Waals surface area contributed by atoms with E-state index in [1.54, 1.807) is 11.3 Å². The van der Waals surface area contributed by atoms with E-state index >= 15 is 0 Å². The first-order valence-corrected chi connectivity index (χ1v) is 8.46. The van der Waals surface area contributed by atoms with Gasteiger partial charge >= 0.3 is 0 Å². The number of rotatable bonds is 5. The average molecular weight is 332 g/mol. The van der Waals surface area contributed by atoms with Gasteiger partial charge in [-0.25, -0.2) is 0 Å². The van der Waals surface area contributed by atoms with Crippen LogP contribution in [0.2, 0.25) is 0 Å². The predicted molar refractivity (Wildman–Crippen MR) is 81.2 cm³/mol. The van der Waals surface area contributed by atoms with Gasteiger partial charge in [0.25, 0.3) is 0 Å². The van der Waals surface area contributed by atoms with E-state index in [2.05, 4.69) is 33.4 Å². The van der Waals surface area contributed by atoms with Gasteiger partial charge in [0.1, 0.15) is 0 Å². The topological polar surface area (TPSA) is 32.3 Å². The van der Waals surface area contributed by atoms with Crippen molar-refractivity contribution in [2.24, 2.45) is 0 Å². The van der Waals surface area contributed by atoms with Crippen molar-refractivity contribution in [2.45, 2.75) is 50.5 Å². The van der Waals surface area contributed by atoms with Crippen LogP contribution in [0.15, 0.2) is 15.9 Å². The molecule has 0 unspecified atom stereocenters. The predicted octanol–water partition coefficient (Wildman–Crippen LogP) is 3.73. The van der Waals surface area contributed by atoms with Gasteiger partial charge < -0.3 is 10.4 Å². The quantitative estimate of drug-likeness (QED) is 0.636. The van der Waals surface area contributed by atoms with E-state index in [1.807, 2.05) is 0 Å². The molecule has 0 aromatic carbocycles. The molecule has 0 aliphatic heterocycles. The van der Waals surface area contributed by atoms with Crippen LogP contribution in [0, 0.1) is 0 Å². The molecule has 4 heteroatoms. The Hall–Kier alpha value is 0.1000. The zero-order chi connectivity index (χ0) is 12.8. The second kappa shape index (κ2) is 7.04. The number of aliphatic hydroxyl groups is 1. The standard InChI is InChI=1S/C14H22BrNOS/c15-13-6-5-12(18-13)7-10-16-11-14(17)8-3-1-2-4-9-14/h5-6,16-17H,1-4,7-11H2. The molecule has 18 heavy (non-hydrogen) atoms. The molecule has 1 aliphatic rings. The number of hydrogen-bond acceptors (Lipinski definition) is 3. The molecule has 1 saturated carbocycles. The summed E-state index contributed by atoms with van der Waals surface area (Å²) in [5.74, 6) is 0. The van der Waals surface area contributed by atoms with Crippen LogP contribution in [0.5, 0.6) is 0 Å². The lowest BCUT2D eigenvalue weighted by Crippen LogP contribution is -2.40. The Labute approximate surface area is 122 Å². The summed E-state index contributed by atoms with van der Waals surface area (Å²) in [6.07, 6.45) is 7.89. The molecule has 1 heterocycles. The first-order chi connectivity index (χ1) is 8.68. The van der Waals surface area contributed by atoms with Gasteiger partial charge in [-0.3, -0.25) is 0 Å². The third kappa shape index (κ3) is 4.65. The van der Waals surface area contributed by atoms with Gasteiger partial charge in [0.2, 0.25) is 0 Å². The summed E-state index contributed by atoms with van der Waals surface area (Å²) in [5, 5.41) is 13.9. The van der Waals surface area contributed by atoms with E-state index in [1.165, 1.54) is 34.3 Å². The van der Waals surface area contributed by atoms with Crippen molar-refractivity contribution in [3.05, 3.63) is 20.8 Å². The Morgan fingerprint density at radius 2 is 1.94 bits per heavy atom. The molecule has 0 bridgehead atoms. The molecule has 2 nitrogen and oxygen atoms in total. The van der Waals surface area contributed by atoms with Gasteiger partial charge in [0.15, 0.2) is 0 Å². The zero-order valence-electron chi connectivity index (χ0n) is 10.8. The minimum absolute atomic E-state index is 0.452. The molecule has 0 spiro atoms. The molecule has 0 atom stereocenters. The Morgan fingerprint density at radius 3 is 2.56 bits per heavy atom. The minimum atomic E-state index is -0.452. The van der Waals surface area contributed by atoms with Crippen LogP contribution >= 0.6 is 27.3 Å². The van der Waals surface area contributed by atoms with Gasteiger partial charge in [-0.2, -0.15) is 0 Å². The van der Waals surface area contributed by atoms with E-state index in [9.17, 15) is 5.11 Å². The third-order valence-electron chi connectivity index (χ3n) is 3.67. The van der Waals surface area contributed by atoms with Crippen molar-refractivity contribution < 1.29 is 5.11 Å². The Kier molecular flexibility index (Phi) is 5.67. The lowest BCUT2D eigenvalue weighted by Gasteiger charge is -2.26. The molecular weight excluding hydrogens is 310 g/mol. The van der Waals surface area contributed by atoms with Crippen LogP contribution in [0.1, 0.15) is 43.4 Å². The second-order valence-corrected chi connectivity index (χ2v) is 7.82. The molecule has 0 saturated heterocycles. The fourth-order valence-electron chi connectivity index (χ4n) is 2.58. The molecule has 1 fully saturated rings. The van der Waals surface area contributed by atoms with Crippen molar-refractivity contribution in [2.75, 3.05) is 13.1 Å². The summed E-state index contributed by atoms with van der Waals surface area (Å²) in [5.41, 5.74) is -0.452. The number of thiophene rings is 1. The van der Waals surface area contributed by atoms with Crippen molar-refractivity contribution in [1.82, 2.24) is 5.32 Å². The molecule has 1 aliphatic carbocycles. The van der Waals surface area contributed by atoms with E-state index < -0.39 is 5.60 Å². The smallest absolute Gasteiger partial charge is 0.0771 e. The highest BCUT2D eigenvalue weighted by Crippen LogP contribution is 2.26. The molecule has 102 valence electrons. The Morgan fingerprint density at radius 1 is 1.22 bits per heavy atom. The van der Waals surface area contributed by atoms with Crippen LogP contribution in [0.4, 0.5) is 0 Å². The first-order valence-electron chi connectivity index (χ1n) is 6.85. The van der Waals surface area contributed by atoms with Crippen molar-refractivity contribution in [3.8, 4) is 0 Å². The lowest BCUT2D eigenvalue weighted by atomic mass is 9.94. The van der Waals surface area contributed by atoms with E-state index in [0.717, 1.165) is 32.4 Å². The maximum absolute atomic E-state index is 10.5. The van der Waals surface area contributed by atoms with Crippen LogP contribution < -0.4 is 5.32 Å². The highest BCUT2D eigenvalue weighted by atomic mass is 79.9. The van der Waals surface area contributed by atoms with Crippen LogP contribution in [-0.2, 0) is 6.42 Å². The lowest BCUT2D eigenvalue weighted by molar-refractivity contribution is 0.0256. The summed E-state index contributed by atoms with van der Waals surface area (Å²) < 4.78 is 1.19. The summed E-state index contributed by atoms with van der Waals surface area (Å²) >= 11 is 5.27. The van der Waals surface area contributed by atoms with Crippen molar-refractivity contribution in [3.63, 3.8) is 0 Å². The average Bonchev–Trinajstić information content (AvgIpc) is 2.63. The molecule has 2 rings (SSSR count). The minimum Gasteiger partial charge on any atom is -0.389 e. The SMILES string of the molecule is OC1(CNCCc2ccc(Br)s2)CCCCCC1. The highest BCUT2D eigenvalue weighted by molar-refractivity contribution is 9.11. The largest absolute Gasteiger partial charge is 0.389 e. The second-order valence-electron chi connectivity index (χ2n) is 5.27. The molecular formula is C14H22BrNOS. The summed E-state index contributed by atoms with van der Waals surface area (Å²) in [6.45, 7) is 1.70. The van der Waals surface area contributed by atoms with Gasteiger partial charge in [-0.1, -0.05) is 25.7 Å². The maximum atomic E-state index is 10.5. The van der Waals surface area contributed by atoms with Gasteiger partial charge in [-0.05, 0) is 47.3 Å².